The van der Waals surface area contributed by atoms with Crippen molar-refractivity contribution in [1.82, 2.24) is 9.88 Å². The summed E-state index contributed by atoms with van der Waals surface area (Å²) in [6.07, 6.45) is 3.02. The van der Waals surface area contributed by atoms with Gasteiger partial charge in [-0.3, -0.25) is 9.78 Å². The molecule has 0 spiro atoms. The molecule has 2 aromatic carbocycles. The molecule has 1 aromatic heterocycles. The summed E-state index contributed by atoms with van der Waals surface area (Å²) in [4.78, 5) is 19.0. The van der Waals surface area contributed by atoms with Crippen LogP contribution in [0.25, 0.3) is 0 Å². The van der Waals surface area contributed by atoms with Crippen LogP contribution in [0.2, 0.25) is 10.0 Å². The first-order valence-corrected chi connectivity index (χ1v) is 10.1. The van der Waals surface area contributed by atoms with Gasteiger partial charge in [0, 0.05) is 35.9 Å². The highest BCUT2D eigenvalue weighted by Crippen LogP contribution is 2.42. The monoisotopic (exact) mass is 426 g/mol. The van der Waals surface area contributed by atoms with Crippen molar-refractivity contribution in [3.05, 3.63) is 99.8 Å². The second kappa shape index (κ2) is 8.54. The van der Waals surface area contributed by atoms with E-state index in [1.807, 2.05) is 67.7 Å². The Morgan fingerprint density at radius 3 is 2.03 bits per heavy atom. The number of carbonyl (C=O) groups excluding carboxylic acids is 1. The van der Waals surface area contributed by atoms with Gasteiger partial charge in [-0.15, -0.1) is 0 Å². The van der Waals surface area contributed by atoms with E-state index in [2.05, 4.69) is 4.98 Å². The molecule has 1 aliphatic rings. The summed E-state index contributed by atoms with van der Waals surface area (Å²) in [6.45, 7) is 0. The summed E-state index contributed by atoms with van der Waals surface area (Å²) >= 11 is 12.2. The Balaban J connectivity index is 1.71. The quantitative estimate of drug-likeness (QED) is 0.570. The number of halogens is 2. The molecule has 1 saturated heterocycles. The van der Waals surface area contributed by atoms with Crippen LogP contribution in [0.3, 0.4) is 0 Å². The van der Waals surface area contributed by atoms with E-state index in [0.717, 1.165) is 16.7 Å². The van der Waals surface area contributed by atoms with Gasteiger partial charge in [0.25, 0.3) is 5.91 Å². The second-order valence-electron chi connectivity index (χ2n) is 7.10. The lowest BCUT2D eigenvalue weighted by molar-refractivity contribution is -0.171. The number of carbonyl (C=O) groups is 1. The third-order valence-corrected chi connectivity index (χ3v) is 5.72. The fourth-order valence-corrected chi connectivity index (χ4v) is 3.97. The van der Waals surface area contributed by atoms with E-state index >= 15 is 0 Å². The number of hydrogen-bond acceptors (Lipinski definition) is 3. The molecule has 2 heterocycles. The van der Waals surface area contributed by atoms with Crippen molar-refractivity contribution in [2.75, 3.05) is 7.05 Å². The molecule has 3 aromatic rings. The fourth-order valence-electron chi connectivity index (χ4n) is 3.72. The van der Waals surface area contributed by atoms with Crippen LogP contribution in [0, 0.1) is 0 Å². The van der Waals surface area contributed by atoms with Crippen LogP contribution >= 0.6 is 23.2 Å². The summed E-state index contributed by atoms with van der Waals surface area (Å²) in [5, 5.41) is 1.31. The SMILES string of the molecule is CN1C(=O)[C@H](Cc2ccncc2)O[C@@H](c2ccc(Cl)cc2)C1c1ccc(Cl)cc1. The molecule has 1 amide bonds. The molecule has 1 aliphatic heterocycles. The number of benzene rings is 2. The zero-order valence-corrected chi connectivity index (χ0v) is 17.3. The van der Waals surface area contributed by atoms with Crippen molar-refractivity contribution in [1.29, 1.82) is 0 Å². The van der Waals surface area contributed by atoms with E-state index in [-0.39, 0.29) is 18.1 Å². The molecule has 29 heavy (non-hydrogen) atoms. The van der Waals surface area contributed by atoms with Crippen molar-refractivity contribution in [2.45, 2.75) is 24.7 Å². The summed E-state index contributed by atoms with van der Waals surface area (Å²) in [6, 6.07) is 18.6. The van der Waals surface area contributed by atoms with Gasteiger partial charge in [0.05, 0.1) is 6.04 Å². The first-order valence-electron chi connectivity index (χ1n) is 9.35. The number of hydrogen-bond donors (Lipinski definition) is 0. The van der Waals surface area contributed by atoms with Crippen LogP contribution in [0.1, 0.15) is 28.8 Å². The molecule has 6 heteroatoms. The van der Waals surface area contributed by atoms with Crippen LogP contribution in [0.4, 0.5) is 0 Å². The lowest BCUT2D eigenvalue weighted by Crippen LogP contribution is -2.49. The minimum Gasteiger partial charge on any atom is -0.358 e. The van der Waals surface area contributed by atoms with E-state index in [9.17, 15) is 4.79 Å². The van der Waals surface area contributed by atoms with Crippen molar-refractivity contribution in [3.8, 4) is 0 Å². The third-order valence-electron chi connectivity index (χ3n) is 5.22. The Morgan fingerprint density at radius 1 is 0.897 bits per heavy atom. The van der Waals surface area contributed by atoms with Gasteiger partial charge in [-0.25, -0.2) is 0 Å². The van der Waals surface area contributed by atoms with Gasteiger partial charge in [-0.1, -0.05) is 47.5 Å². The second-order valence-corrected chi connectivity index (χ2v) is 7.97. The van der Waals surface area contributed by atoms with Gasteiger partial charge < -0.3 is 9.64 Å². The Kier molecular flexibility index (Phi) is 5.86. The molecule has 0 N–H and O–H groups in total. The first-order chi connectivity index (χ1) is 14.0. The van der Waals surface area contributed by atoms with E-state index < -0.39 is 6.10 Å². The van der Waals surface area contributed by atoms with Crippen LogP contribution in [0.15, 0.2) is 73.1 Å². The minimum atomic E-state index is -0.577. The molecule has 3 atom stereocenters. The number of amides is 1. The maximum Gasteiger partial charge on any atom is 0.252 e. The molecule has 4 rings (SSSR count). The normalized spacial score (nSPS) is 22.0. The fraction of sp³-hybridized carbons (Fsp3) is 0.217. The van der Waals surface area contributed by atoms with E-state index in [1.165, 1.54) is 0 Å². The Hall–Kier alpha value is -2.40. The van der Waals surface area contributed by atoms with Crippen LogP contribution in [0.5, 0.6) is 0 Å². The number of rotatable bonds is 4. The topological polar surface area (TPSA) is 42.4 Å². The van der Waals surface area contributed by atoms with Gasteiger partial charge in [0.15, 0.2) is 0 Å². The zero-order chi connectivity index (χ0) is 20.4. The number of morpholine rings is 1. The minimum absolute atomic E-state index is 0.0491. The molecule has 0 aliphatic carbocycles. The summed E-state index contributed by atoms with van der Waals surface area (Å²) in [5.74, 6) is -0.0491. The van der Waals surface area contributed by atoms with Gasteiger partial charge >= 0.3 is 0 Å². The van der Waals surface area contributed by atoms with Gasteiger partial charge in [-0.05, 0) is 53.1 Å². The Morgan fingerprint density at radius 2 is 1.45 bits per heavy atom. The Labute approximate surface area is 180 Å². The van der Waals surface area contributed by atoms with Crippen molar-refractivity contribution < 1.29 is 9.53 Å². The van der Waals surface area contributed by atoms with E-state index in [1.54, 1.807) is 17.3 Å². The maximum atomic E-state index is 13.1. The van der Waals surface area contributed by atoms with Gasteiger partial charge in [-0.2, -0.15) is 0 Å². The molecular formula is C23H20Cl2N2O2. The number of pyridine rings is 1. The highest BCUT2D eigenvalue weighted by atomic mass is 35.5. The van der Waals surface area contributed by atoms with Gasteiger partial charge in [0.1, 0.15) is 12.2 Å². The molecule has 0 saturated carbocycles. The molecule has 4 nitrogen and oxygen atoms in total. The van der Waals surface area contributed by atoms with Crippen molar-refractivity contribution in [2.24, 2.45) is 0 Å². The van der Waals surface area contributed by atoms with E-state index in [0.29, 0.717) is 16.5 Å². The molecule has 1 fully saturated rings. The van der Waals surface area contributed by atoms with E-state index in [4.69, 9.17) is 27.9 Å². The highest BCUT2D eigenvalue weighted by Gasteiger charge is 2.42. The molecule has 148 valence electrons. The maximum absolute atomic E-state index is 13.1. The van der Waals surface area contributed by atoms with Gasteiger partial charge in [0.2, 0.25) is 0 Å². The van der Waals surface area contributed by atoms with Crippen LogP contribution in [-0.2, 0) is 16.0 Å². The van der Waals surface area contributed by atoms with Crippen LogP contribution in [-0.4, -0.2) is 28.9 Å². The number of aromatic nitrogens is 1. The molecule has 1 unspecified atom stereocenters. The molecule has 0 bridgehead atoms. The largest absolute Gasteiger partial charge is 0.358 e. The number of likely N-dealkylation sites (N-methyl/N-ethyl adjacent to an activating group) is 1. The highest BCUT2D eigenvalue weighted by molar-refractivity contribution is 6.30. The molecular weight excluding hydrogens is 407 g/mol. The van der Waals surface area contributed by atoms with Crippen LogP contribution < -0.4 is 0 Å². The Bertz CT molecular complexity index is 978. The smallest absolute Gasteiger partial charge is 0.252 e. The lowest BCUT2D eigenvalue weighted by Gasteiger charge is -2.43. The summed E-state index contributed by atoms with van der Waals surface area (Å²) in [5.41, 5.74) is 2.94. The first kappa shape index (κ1) is 19.9. The summed E-state index contributed by atoms with van der Waals surface area (Å²) in [7, 11) is 1.83. The third kappa shape index (κ3) is 4.30. The predicted molar refractivity (Wildman–Crippen MR) is 114 cm³/mol. The van der Waals surface area contributed by atoms with Crippen molar-refractivity contribution in [3.63, 3.8) is 0 Å². The predicted octanol–water partition coefficient (Wildman–Crippen LogP) is 5.27. The van der Waals surface area contributed by atoms with Crippen molar-refractivity contribution >= 4 is 29.1 Å². The standard InChI is InChI=1S/C23H20Cl2N2O2/c1-27-21(16-2-6-18(24)7-3-16)22(17-4-8-19(25)9-5-17)29-20(23(27)28)14-15-10-12-26-13-11-15/h2-13,20-22H,14H2,1H3/t20-,21?,22-/m0/s1. The number of ether oxygens (including phenoxy) is 1. The molecule has 0 radical (unpaired) electrons. The average molecular weight is 427 g/mol. The number of nitrogens with zero attached hydrogens (tertiary/aromatic N) is 2. The average Bonchev–Trinajstić information content (AvgIpc) is 2.74. The lowest BCUT2D eigenvalue weighted by atomic mass is 9.91. The summed E-state index contributed by atoms with van der Waals surface area (Å²) < 4.78 is 6.41. The zero-order valence-electron chi connectivity index (χ0n) is 15.8.